The third-order valence-electron chi connectivity index (χ3n) is 1.84. The number of hydrogen-bond donors (Lipinski definition) is 1. The van der Waals surface area contributed by atoms with Crippen molar-refractivity contribution in [1.29, 1.82) is 0 Å². The van der Waals surface area contributed by atoms with Crippen LogP contribution in [0.3, 0.4) is 0 Å². The molecule has 0 radical (unpaired) electrons. The van der Waals surface area contributed by atoms with Crippen LogP contribution in [0.25, 0.3) is 10.2 Å². The summed E-state index contributed by atoms with van der Waals surface area (Å²) < 4.78 is 4.63. The van der Waals surface area contributed by atoms with Crippen molar-refractivity contribution in [2.45, 2.75) is 6.92 Å². The summed E-state index contributed by atoms with van der Waals surface area (Å²) in [7, 11) is 0. The molecule has 5 heteroatoms. The number of fused-ring (bicyclic) bond motifs is 1. The Morgan fingerprint density at radius 3 is 3.00 bits per heavy atom. The van der Waals surface area contributed by atoms with Crippen LogP contribution in [-0.2, 0) is 0 Å². The summed E-state index contributed by atoms with van der Waals surface area (Å²) in [5.41, 5.74) is 2.41. The Bertz CT molecular complexity index is 478. The molecule has 0 aliphatic heterocycles. The molecule has 2 aromatic rings. The molecule has 0 amide bonds. The van der Waals surface area contributed by atoms with Crippen LogP contribution in [0.5, 0.6) is 0 Å². The van der Waals surface area contributed by atoms with Crippen LogP contribution < -0.4 is 0 Å². The van der Waals surface area contributed by atoms with Gasteiger partial charge in [0.25, 0.3) is 0 Å². The lowest BCUT2D eigenvalue weighted by atomic mass is 10.1. The maximum Gasteiger partial charge on any atom is 0.217 e. The summed E-state index contributed by atoms with van der Waals surface area (Å²) in [5, 5.41) is 3.70. The van der Waals surface area contributed by atoms with Gasteiger partial charge in [0.1, 0.15) is 5.52 Å². The molecule has 1 aromatic carbocycles. The predicted molar refractivity (Wildman–Crippen MR) is 55.5 cm³/mol. The Morgan fingerprint density at radius 2 is 2.31 bits per heavy atom. The molecule has 13 heavy (non-hydrogen) atoms. The fraction of sp³-hybridized carbons (Fsp3) is 0.125. The molecule has 0 saturated carbocycles. The Balaban J connectivity index is 2.86. The number of rotatable bonds is 1. The summed E-state index contributed by atoms with van der Waals surface area (Å²) in [6.45, 7) is 1.94. The van der Waals surface area contributed by atoms with Gasteiger partial charge in [-0.15, -0.1) is 17.7 Å². The van der Waals surface area contributed by atoms with E-state index < -0.39 is 0 Å². The van der Waals surface area contributed by atoms with Crippen LogP contribution in [-0.4, -0.2) is 14.7 Å². The fourth-order valence-corrected chi connectivity index (χ4v) is 2.17. The monoisotopic (exact) mass is 210 g/mol. The van der Waals surface area contributed by atoms with Crippen molar-refractivity contribution < 1.29 is 4.79 Å². The average Bonchev–Trinajstić information content (AvgIpc) is 2.53. The standard InChI is InChI=1S/C8H6N2OS2/c1-4-2-3-5(8(11)12)7-6(4)9-10-13-7/h2-3H,1H3,(H,11,12). The minimum Gasteiger partial charge on any atom is -0.282 e. The molecule has 0 fully saturated rings. The number of nitrogens with zero attached hydrogens (tertiary/aromatic N) is 2. The maximum atomic E-state index is 11.1. The number of thiol groups is 1. The molecule has 0 aliphatic rings. The van der Waals surface area contributed by atoms with Gasteiger partial charge in [-0.1, -0.05) is 10.6 Å². The molecule has 1 aromatic heterocycles. The van der Waals surface area contributed by atoms with E-state index in [-0.39, 0.29) is 5.12 Å². The number of hydrogen-bond acceptors (Lipinski definition) is 4. The van der Waals surface area contributed by atoms with E-state index in [4.69, 9.17) is 0 Å². The van der Waals surface area contributed by atoms with Gasteiger partial charge in [-0.2, -0.15) is 0 Å². The zero-order valence-corrected chi connectivity index (χ0v) is 8.52. The van der Waals surface area contributed by atoms with Gasteiger partial charge in [-0.05, 0) is 30.1 Å². The molecule has 3 nitrogen and oxygen atoms in total. The first-order valence-corrected chi connectivity index (χ1v) is 4.87. The Labute approximate surface area is 84.3 Å². The van der Waals surface area contributed by atoms with Crippen LogP contribution in [0.1, 0.15) is 15.9 Å². The fourth-order valence-electron chi connectivity index (χ4n) is 1.16. The van der Waals surface area contributed by atoms with Gasteiger partial charge >= 0.3 is 0 Å². The Hall–Kier alpha value is -0.940. The van der Waals surface area contributed by atoms with Crippen molar-refractivity contribution in [3.63, 3.8) is 0 Å². The number of aryl methyl sites for hydroxylation is 1. The van der Waals surface area contributed by atoms with Gasteiger partial charge in [0.2, 0.25) is 5.12 Å². The van der Waals surface area contributed by atoms with Gasteiger partial charge in [0, 0.05) is 5.56 Å². The normalized spacial score (nSPS) is 10.6. The van der Waals surface area contributed by atoms with Crippen LogP contribution in [0.2, 0.25) is 0 Å². The molecule has 1 heterocycles. The summed E-state index contributed by atoms with van der Waals surface area (Å²) in [4.78, 5) is 11.1. The predicted octanol–water partition coefficient (Wildman–Crippen LogP) is 2.07. The van der Waals surface area contributed by atoms with Crippen molar-refractivity contribution in [2.75, 3.05) is 0 Å². The van der Waals surface area contributed by atoms with Crippen molar-refractivity contribution in [2.24, 2.45) is 0 Å². The highest BCUT2D eigenvalue weighted by atomic mass is 32.1. The van der Waals surface area contributed by atoms with Gasteiger partial charge in [-0.3, -0.25) is 4.79 Å². The van der Waals surface area contributed by atoms with E-state index in [0.29, 0.717) is 5.56 Å². The minimum absolute atomic E-state index is 0.240. The topological polar surface area (TPSA) is 42.9 Å². The number of benzene rings is 1. The summed E-state index contributed by atoms with van der Waals surface area (Å²) in [5.74, 6) is 0. The quantitative estimate of drug-likeness (QED) is 0.733. The van der Waals surface area contributed by atoms with Gasteiger partial charge in [0.15, 0.2) is 0 Å². The second-order valence-corrected chi connectivity index (χ2v) is 3.85. The summed E-state index contributed by atoms with van der Waals surface area (Å²) in [6, 6.07) is 3.61. The van der Waals surface area contributed by atoms with E-state index >= 15 is 0 Å². The van der Waals surface area contributed by atoms with E-state index in [1.807, 2.05) is 13.0 Å². The summed E-state index contributed by atoms with van der Waals surface area (Å²) >= 11 is 5.01. The second kappa shape index (κ2) is 3.08. The average molecular weight is 210 g/mol. The molecule has 0 aliphatic carbocycles. The molecular formula is C8H6N2OS2. The highest BCUT2D eigenvalue weighted by Crippen LogP contribution is 2.24. The van der Waals surface area contributed by atoms with Crippen LogP contribution in [0, 0.1) is 6.92 Å². The lowest BCUT2D eigenvalue weighted by molar-refractivity contribution is 0.109. The smallest absolute Gasteiger partial charge is 0.217 e. The Morgan fingerprint density at radius 1 is 1.54 bits per heavy atom. The maximum absolute atomic E-state index is 11.1. The van der Waals surface area contributed by atoms with Crippen LogP contribution >= 0.6 is 24.2 Å². The molecule has 0 atom stereocenters. The zero-order chi connectivity index (χ0) is 9.42. The van der Waals surface area contributed by atoms with Crippen LogP contribution in [0.15, 0.2) is 12.1 Å². The lowest BCUT2D eigenvalue weighted by Crippen LogP contribution is -1.89. The third-order valence-corrected chi connectivity index (χ3v) is 2.84. The number of carbonyl (C=O) groups is 1. The van der Waals surface area contributed by atoms with E-state index in [2.05, 4.69) is 22.2 Å². The lowest BCUT2D eigenvalue weighted by Gasteiger charge is -1.97. The van der Waals surface area contributed by atoms with Crippen molar-refractivity contribution in [3.8, 4) is 0 Å². The molecule has 0 unspecified atom stereocenters. The third kappa shape index (κ3) is 1.34. The number of aromatic nitrogens is 2. The molecule has 0 saturated heterocycles. The largest absolute Gasteiger partial charge is 0.282 e. The first-order chi connectivity index (χ1) is 6.20. The summed E-state index contributed by atoms with van der Waals surface area (Å²) in [6.07, 6.45) is 0. The molecule has 2 rings (SSSR count). The highest BCUT2D eigenvalue weighted by Gasteiger charge is 2.10. The molecule has 66 valence electrons. The van der Waals surface area contributed by atoms with Gasteiger partial charge < -0.3 is 0 Å². The minimum atomic E-state index is -0.240. The Kier molecular flexibility index (Phi) is 2.05. The highest BCUT2D eigenvalue weighted by molar-refractivity contribution is 7.97. The molecular weight excluding hydrogens is 204 g/mol. The van der Waals surface area contributed by atoms with Crippen molar-refractivity contribution >= 4 is 39.5 Å². The van der Waals surface area contributed by atoms with Crippen molar-refractivity contribution in [3.05, 3.63) is 23.3 Å². The van der Waals surface area contributed by atoms with E-state index in [9.17, 15) is 4.79 Å². The van der Waals surface area contributed by atoms with E-state index in [0.717, 1.165) is 15.8 Å². The number of carbonyl (C=O) groups excluding carboxylic acids is 1. The van der Waals surface area contributed by atoms with Crippen molar-refractivity contribution in [1.82, 2.24) is 9.59 Å². The molecule has 0 spiro atoms. The first kappa shape index (κ1) is 8.65. The van der Waals surface area contributed by atoms with Gasteiger partial charge in [-0.25, -0.2) is 0 Å². The van der Waals surface area contributed by atoms with E-state index in [1.165, 1.54) is 11.5 Å². The SMILES string of the molecule is Cc1ccc(C(=O)S)c2snnc12. The van der Waals surface area contributed by atoms with Gasteiger partial charge in [0.05, 0.1) is 4.70 Å². The zero-order valence-electron chi connectivity index (χ0n) is 6.81. The molecule has 0 N–H and O–H groups in total. The first-order valence-electron chi connectivity index (χ1n) is 3.65. The van der Waals surface area contributed by atoms with Crippen LogP contribution in [0.4, 0.5) is 0 Å². The van der Waals surface area contributed by atoms with E-state index in [1.54, 1.807) is 6.07 Å². The molecule has 0 bridgehead atoms. The second-order valence-electron chi connectivity index (χ2n) is 2.69.